The van der Waals surface area contributed by atoms with Gasteiger partial charge in [0.2, 0.25) is 5.91 Å². The summed E-state index contributed by atoms with van der Waals surface area (Å²) in [6.07, 6.45) is 2.66. The molecule has 0 bridgehead atoms. The van der Waals surface area contributed by atoms with E-state index in [0.717, 1.165) is 38.0 Å². The van der Waals surface area contributed by atoms with Crippen molar-refractivity contribution in [2.45, 2.75) is 32.2 Å². The molecule has 1 unspecified atom stereocenters. The van der Waals surface area contributed by atoms with Crippen molar-refractivity contribution in [3.63, 3.8) is 0 Å². The molecule has 1 aromatic carbocycles. The van der Waals surface area contributed by atoms with Crippen LogP contribution in [0.3, 0.4) is 0 Å². The molecule has 0 aromatic heterocycles. The highest BCUT2D eigenvalue weighted by Crippen LogP contribution is 2.11. The van der Waals surface area contributed by atoms with Gasteiger partial charge in [-0.3, -0.25) is 4.79 Å². The first kappa shape index (κ1) is 13.9. The largest absolute Gasteiger partial charge is 0.399 e. The Morgan fingerprint density at radius 3 is 3.11 bits per heavy atom. The fourth-order valence-corrected chi connectivity index (χ4v) is 2.63. The number of carbonyl (C=O) groups excluding carboxylic acids is 1. The molecular weight excluding hydrogens is 238 g/mol. The molecule has 0 radical (unpaired) electrons. The average Bonchev–Trinajstić information content (AvgIpc) is 2.38. The molecule has 0 aliphatic carbocycles. The molecule has 1 atom stereocenters. The number of rotatable bonds is 4. The van der Waals surface area contributed by atoms with Gasteiger partial charge in [-0.2, -0.15) is 0 Å². The number of likely N-dealkylation sites (N-methyl/N-ethyl adjacent to an activating group) is 1. The number of hydrogen-bond acceptors (Lipinski definition) is 3. The van der Waals surface area contributed by atoms with E-state index in [1.165, 1.54) is 0 Å². The number of piperidine rings is 1. The molecule has 1 heterocycles. The topological polar surface area (TPSA) is 58.4 Å². The van der Waals surface area contributed by atoms with E-state index in [2.05, 4.69) is 17.1 Å². The van der Waals surface area contributed by atoms with Gasteiger partial charge in [0.05, 0.1) is 6.42 Å². The minimum atomic E-state index is 0.0913. The Morgan fingerprint density at radius 1 is 1.53 bits per heavy atom. The van der Waals surface area contributed by atoms with E-state index in [-0.39, 0.29) is 5.91 Å². The van der Waals surface area contributed by atoms with Gasteiger partial charge in [0.15, 0.2) is 0 Å². The normalized spacial score (nSPS) is 20.2. The van der Waals surface area contributed by atoms with E-state index >= 15 is 0 Å². The van der Waals surface area contributed by atoms with Crippen molar-refractivity contribution in [3.05, 3.63) is 29.8 Å². The molecule has 1 saturated heterocycles. The third-order valence-electron chi connectivity index (χ3n) is 3.63. The second kappa shape index (κ2) is 6.57. The molecule has 4 heteroatoms. The van der Waals surface area contributed by atoms with E-state index < -0.39 is 0 Å². The SMILES string of the molecule is CCN1CCCC(NC(=O)Cc2cccc(N)c2)C1. The molecule has 0 spiro atoms. The second-order valence-electron chi connectivity index (χ2n) is 5.22. The number of carbonyl (C=O) groups is 1. The van der Waals surface area contributed by atoms with Crippen molar-refractivity contribution in [1.29, 1.82) is 0 Å². The number of nitrogens with two attached hydrogens (primary N) is 1. The highest BCUT2D eigenvalue weighted by atomic mass is 16.1. The monoisotopic (exact) mass is 261 g/mol. The van der Waals surface area contributed by atoms with Crippen LogP contribution in [0.1, 0.15) is 25.3 Å². The van der Waals surface area contributed by atoms with Crippen LogP contribution >= 0.6 is 0 Å². The van der Waals surface area contributed by atoms with Gasteiger partial charge in [0.25, 0.3) is 0 Å². The summed E-state index contributed by atoms with van der Waals surface area (Å²) in [5.74, 6) is 0.0913. The predicted octanol–water partition coefficient (Wildman–Crippen LogP) is 1.41. The zero-order valence-corrected chi connectivity index (χ0v) is 11.6. The number of nitrogens with zero attached hydrogens (tertiary/aromatic N) is 1. The molecule has 3 N–H and O–H groups in total. The molecule has 2 rings (SSSR count). The summed E-state index contributed by atoms with van der Waals surface area (Å²) in [5, 5.41) is 3.13. The van der Waals surface area contributed by atoms with Crippen molar-refractivity contribution in [2.24, 2.45) is 0 Å². The first-order valence-electron chi connectivity index (χ1n) is 7.03. The van der Waals surface area contributed by atoms with E-state index in [1.807, 2.05) is 24.3 Å². The maximum absolute atomic E-state index is 12.0. The molecule has 0 saturated carbocycles. The van der Waals surface area contributed by atoms with Gasteiger partial charge < -0.3 is 16.0 Å². The van der Waals surface area contributed by atoms with Crippen LogP contribution in [0.4, 0.5) is 5.69 Å². The van der Waals surface area contributed by atoms with E-state index in [1.54, 1.807) is 0 Å². The van der Waals surface area contributed by atoms with Gasteiger partial charge in [-0.25, -0.2) is 0 Å². The van der Waals surface area contributed by atoms with Crippen molar-refractivity contribution in [2.75, 3.05) is 25.4 Å². The smallest absolute Gasteiger partial charge is 0.224 e. The summed E-state index contributed by atoms with van der Waals surface area (Å²) in [6, 6.07) is 7.81. The van der Waals surface area contributed by atoms with Gasteiger partial charge in [0, 0.05) is 18.3 Å². The first-order chi connectivity index (χ1) is 9.17. The van der Waals surface area contributed by atoms with Gasteiger partial charge in [0.1, 0.15) is 0 Å². The first-order valence-corrected chi connectivity index (χ1v) is 7.03. The molecule has 1 aliphatic rings. The van der Waals surface area contributed by atoms with E-state index in [4.69, 9.17) is 5.73 Å². The Labute approximate surface area is 115 Å². The van der Waals surface area contributed by atoms with Gasteiger partial charge in [-0.15, -0.1) is 0 Å². The van der Waals surface area contributed by atoms with Crippen molar-refractivity contribution in [3.8, 4) is 0 Å². The molecule has 1 amide bonds. The van der Waals surface area contributed by atoms with Crippen LogP contribution in [-0.4, -0.2) is 36.5 Å². The summed E-state index contributed by atoms with van der Waals surface area (Å²) in [6.45, 7) is 5.34. The van der Waals surface area contributed by atoms with Crippen molar-refractivity contribution >= 4 is 11.6 Å². The van der Waals surface area contributed by atoms with Crippen LogP contribution in [0.25, 0.3) is 0 Å². The lowest BCUT2D eigenvalue weighted by Crippen LogP contribution is -2.47. The summed E-state index contributed by atoms with van der Waals surface area (Å²) >= 11 is 0. The predicted molar refractivity (Wildman–Crippen MR) is 77.8 cm³/mol. The lowest BCUT2D eigenvalue weighted by atomic mass is 10.0. The van der Waals surface area contributed by atoms with Crippen molar-refractivity contribution < 1.29 is 4.79 Å². The number of likely N-dealkylation sites (tertiary alicyclic amines) is 1. The fraction of sp³-hybridized carbons (Fsp3) is 0.533. The van der Waals surface area contributed by atoms with E-state index in [0.29, 0.717) is 18.2 Å². The standard InChI is InChI=1S/C15H23N3O/c1-2-18-8-4-7-14(11-18)17-15(19)10-12-5-3-6-13(16)9-12/h3,5-6,9,14H,2,4,7-8,10-11,16H2,1H3,(H,17,19). The van der Waals surface area contributed by atoms with Crippen LogP contribution in [-0.2, 0) is 11.2 Å². The zero-order valence-electron chi connectivity index (χ0n) is 11.6. The van der Waals surface area contributed by atoms with E-state index in [9.17, 15) is 4.79 Å². The van der Waals surface area contributed by atoms with Crippen LogP contribution in [0.15, 0.2) is 24.3 Å². The summed E-state index contributed by atoms with van der Waals surface area (Å²) in [7, 11) is 0. The highest BCUT2D eigenvalue weighted by Gasteiger charge is 2.20. The number of benzene rings is 1. The number of nitrogens with one attached hydrogen (secondary N) is 1. The summed E-state index contributed by atoms with van der Waals surface area (Å²) in [4.78, 5) is 14.4. The molecule has 19 heavy (non-hydrogen) atoms. The van der Waals surface area contributed by atoms with Gasteiger partial charge in [-0.1, -0.05) is 19.1 Å². The molecule has 4 nitrogen and oxygen atoms in total. The Morgan fingerprint density at radius 2 is 2.37 bits per heavy atom. The second-order valence-corrected chi connectivity index (χ2v) is 5.22. The zero-order chi connectivity index (χ0) is 13.7. The lowest BCUT2D eigenvalue weighted by Gasteiger charge is -2.32. The van der Waals surface area contributed by atoms with Gasteiger partial charge >= 0.3 is 0 Å². The Hall–Kier alpha value is -1.55. The quantitative estimate of drug-likeness (QED) is 0.806. The fourth-order valence-electron chi connectivity index (χ4n) is 2.63. The maximum atomic E-state index is 12.0. The van der Waals surface area contributed by atoms with Crippen LogP contribution in [0, 0.1) is 0 Å². The minimum absolute atomic E-state index is 0.0913. The summed E-state index contributed by atoms with van der Waals surface area (Å²) < 4.78 is 0. The highest BCUT2D eigenvalue weighted by molar-refractivity contribution is 5.79. The van der Waals surface area contributed by atoms with Crippen molar-refractivity contribution in [1.82, 2.24) is 10.2 Å². The third kappa shape index (κ3) is 4.24. The molecule has 1 fully saturated rings. The molecule has 1 aliphatic heterocycles. The average molecular weight is 261 g/mol. The minimum Gasteiger partial charge on any atom is -0.399 e. The number of anilines is 1. The number of nitrogen functional groups attached to an aromatic ring is 1. The Balaban J connectivity index is 1.84. The molecular formula is C15H23N3O. The van der Waals surface area contributed by atoms with Crippen LogP contribution in [0.5, 0.6) is 0 Å². The van der Waals surface area contributed by atoms with Crippen LogP contribution in [0.2, 0.25) is 0 Å². The van der Waals surface area contributed by atoms with Gasteiger partial charge in [-0.05, 0) is 43.6 Å². The molecule has 104 valence electrons. The Kier molecular flexibility index (Phi) is 4.80. The number of amides is 1. The maximum Gasteiger partial charge on any atom is 0.224 e. The third-order valence-corrected chi connectivity index (χ3v) is 3.63. The molecule has 1 aromatic rings. The van der Waals surface area contributed by atoms with Crippen LogP contribution < -0.4 is 11.1 Å². The number of hydrogen-bond donors (Lipinski definition) is 2. The Bertz CT molecular complexity index is 433. The summed E-state index contributed by atoms with van der Waals surface area (Å²) in [5.41, 5.74) is 7.40. The lowest BCUT2D eigenvalue weighted by molar-refractivity contribution is -0.121.